The maximum absolute atomic E-state index is 5.78. The summed E-state index contributed by atoms with van der Waals surface area (Å²) in [6.07, 6.45) is 0.923. The van der Waals surface area contributed by atoms with Crippen molar-refractivity contribution < 1.29 is 0 Å². The van der Waals surface area contributed by atoms with E-state index in [1.54, 1.807) is 0 Å². The zero-order chi connectivity index (χ0) is 13.1. The van der Waals surface area contributed by atoms with E-state index in [-0.39, 0.29) is 0 Å². The fourth-order valence-electron chi connectivity index (χ4n) is 2.20. The molecule has 0 unspecified atom stereocenters. The maximum Gasteiger partial charge on any atom is 0.159 e. The van der Waals surface area contributed by atoms with Gasteiger partial charge in [-0.3, -0.25) is 0 Å². The first-order valence-corrected chi connectivity index (χ1v) is 6.29. The summed E-state index contributed by atoms with van der Waals surface area (Å²) in [7, 11) is 0. The number of hydrogen-bond donors (Lipinski definition) is 1. The Labute approximate surface area is 108 Å². The molecular weight excluding hydrogens is 222 g/mol. The molecule has 2 N–H and O–H groups in total. The number of benzene rings is 1. The van der Waals surface area contributed by atoms with Crippen molar-refractivity contribution in [3.63, 3.8) is 0 Å². The van der Waals surface area contributed by atoms with E-state index in [2.05, 4.69) is 35.9 Å². The van der Waals surface area contributed by atoms with Crippen LogP contribution in [0.1, 0.15) is 29.4 Å². The lowest BCUT2D eigenvalue weighted by Crippen LogP contribution is -2.09. The van der Waals surface area contributed by atoms with Crippen molar-refractivity contribution in [1.29, 1.82) is 0 Å². The first-order chi connectivity index (χ1) is 8.65. The Kier molecular flexibility index (Phi) is 3.72. The number of nitrogens with zero attached hydrogens (tertiary/aromatic N) is 2. The molecule has 0 aliphatic rings. The number of nitrogens with two attached hydrogens (primary N) is 1. The summed E-state index contributed by atoms with van der Waals surface area (Å²) in [5.41, 5.74) is 11.2. The fraction of sp³-hybridized carbons (Fsp3) is 0.333. The van der Waals surface area contributed by atoms with Crippen molar-refractivity contribution in [3.05, 3.63) is 46.8 Å². The Hall–Kier alpha value is -1.74. The zero-order valence-corrected chi connectivity index (χ0v) is 11.2. The van der Waals surface area contributed by atoms with E-state index < -0.39 is 0 Å². The lowest BCUT2D eigenvalue weighted by atomic mass is 10.1. The normalized spacial score (nSPS) is 10.7. The predicted molar refractivity (Wildman–Crippen MR) is 74.2 cm³/mol. The van der Waals surface area contributed by atoms with Gasteiger partial charge in [-0.05, 0) is 31.9 Å². The smallest absolute Gasteiger partial charge is 0.159 e. The van der Waals surface area contributed by atoms with Crippen molar-refractivity contribution in [2.75, 3.05) is 0 Å². The molecular formula is C15H19N3. The second kappa shape index (κ2) is 5.27. The second-order valence-corrected chi connectivity index (χ2v) is 4.49. The number of hydrogen-bond acceptors (Lipinski definition) is 3. The molecule has 94 valence electrons. The maximum atomic E-state index is 5.78. The van der Waals surface area contributed by atoms with Crippen LogP contribution < -0.4 is 5.73 Å². The van der Waals surface area contributed by atoms with Crippen LogP contribution >= 0.6 is 0 Å². The highest BCUT2D eigenvalue weighted by Crippen LogP contribution is 2.20. The lowest BCUT2D eigenvalue weighted by Gasteiger charge is -2.11. The van der Waals surface area contributed by atoms with Gasteiger partial charge < -0.3 is 5.73 Å². The second-order valence-electron chi connectivity index (χ2n) is 4.49. The molecule has 0 amide bonds. The summed E-state index contributed by atoms with van der Waals surface area (Å²) >= 11 is 0. The molecule has 18 heavy (non-hydrogen) atoms. The summed E-state index contributed by atoms with van der Waals surface area (Å²) in [6, 6.07) is 8.23. The summed E-state index contributed by atoms with van der Waals surface area (Å²) in [4.78, 5) is 9.20. The van der Waals surface area contributed by atoms with Gasteiger partial charge in [-0.25, -0.2) is 9.97 Å². The first-order valence-electron chi connectivity index (χ1n) is 6.29. The summed E-state index contributed by atoms with van der Waals surface area (Å²) in [5.74, 6) is 0.772. The van der Waals surface area contributed by atoms with E-state index in [9.17, 15) is 0 Å². The van der Waals surface area contributed by atoms with Crippen LogP contribution in [0.25, 0.3) is 11.4 Å². The quantitative estimate of drug-likeness (QED) is 0.899. The van der Waals surface area contributed by atoms with Gasteiger partial charge in [0.2, 0.25) is 0 Å². The Morgan fingerprint density at radius 1 is 1.17 bits per heavy atom. The van der Waals surface area contributed by atoms with Gasteiger partial charge in [-0.1, -0.05) is 30.7 Å². The molecule has 0 aliphatic carbocycles. The van der Waals surface area contributed by atoms with Gasteiger partial charge in [0.1, 0.15) is 0 Å². The third-order valence-corrected chi connectivity index (χ3v) is 3.12. The molecule has 0 atom stereocenters. The largest absolute Gasteiger partial charge is 0.325 e. The van der Waals surface area contributed by atoms with Crippen LogP contribution in [0.2, 0.25) is 0 Å². The Bertz CT molecular complexity index is 562. The van der Waals surface area contributed by atoms with Crippen molar-refractivity contribution >= 4 is 0 Å². The molecule has 3 heteroatoms. The van der Waals surface area contributed by atoms with Gasteiger partial charge in [-0.15, -0.1) is 0 Å². The molecule has 1 aromatic heterocycles. The van der Waals surface area contributed by atoms with Gasteiger partial charge in [0, 0.05) is 17.8 Å². The Morgan fingerprint density at radius 2 is 1.94 bits per heavy atom. The van der Waals surface area contributed by atoms with Crippen LogP contribution in [0.4, 0.5) is 0 Å². The molecule has 0 aliphatic heterocycles. The number of rotatable bonds is 3. The highest BCUT2D eigenvalue weighted by atomic mass is 14.9. The topological polar surface area (TPSA) is 51.8 Å². The van der Waals surface area contributed by atoms with Crippen LogP contribution in [0.15, 0.2) is 24.3 Å². The molecule has 3 nitrogen and oxygen atoms in total. The first kappa shape index (κ1) is 12.7. The third-order valence-electron chi connectivity index (χ3n) is 3.12. The van der Waals surface area contributed by atoms with Crippen molar-refractivity contribution in [2.24, 2.45) is 5.73 Å². The highest BCUT2D eigenvalue weighted by Gasteiger charge is 2.10. The Balaban J connectivity index is 2.56. The van der Waals surface area contributed by atoms with Gasteiger partial charge in [-0.2, -0.15) is 0 Å². The minimum Gasteiger partial charge on any atom is -0.325 e. The third kappa shape index (κ3) is 2.41. The molecule has 1 aromatic carbocycles. The van der Waals surface area contributed by atoms with E-state index >= 15 is 0 Å². The summed E-state index contributed by atoms with van der Waals surface area (Å²) < 4.78 is 0. The van der Waals surface area contributed by atoms with Crippen molar-refractivity contribution in [3.8, 4) is 11.4 Å². The van der Waals surface area contributed by atoms with E-state index in [0.717, 1.165) is 29.2 Å². The average Bonchev–Trinajstić information content (AvgIpc) is 2.37. The molecule has 0 bridgehead atoms. The van der Waals surface area contributed by atoms with Gasteiger partial charge in [0.05, 0.1) is 5.69 Å². The molecule has 2 rings (SSSR count). The molecule has 0 spiro atoms. The summed E-state index contributed by atoms with van der Waals surface area (Å²) in [5, 5.41) is 0. The monoisotopic (exact) mass is 241 g/mol. The fourth-order valence-corrected chi connectivity index (χ4v) is 2.20. The van der Waals surface area contributed by atoms with Gasteiger partial charge in [0.15, 0.2) is 5.82 Å². The van der Waals surface area contributed by atoms with Gasteiger partial charge in [0.25, 0.3) is 0 Å². The molecule has 0 saturated heterocycles. The number of aromatic nitrogens is 2. The average molecular weight is 241 g/mol. The van der Waals surface area contributed by atoms with E-state index in [0.29, 0.717) is 6.54 Å². The van der Waals surface area contributed by atoms with Crippen LogP contribution in [-0.4, -0.2) is 9.97 Å². The zero-order valence-electron chi connectivity index (χ0n) is 11.2. The van der Waals surface area contributed by atoms with E-state index in [4.69, 9.17) is 5.73 Å². The summed E-state index contributed by atoms with van der Waals surface area (Å²) in [6.45, 7) is 6.67. The van der Waals surface area contributed by atoms with Crippen molar-refractivity contribution in [2.45, 2.75) is 33.7 Å². The molecule has 0 saturated carbocycles. The van der Waals surface area contributed by atoms with Gasteiger partial charge >= 0.3 is 0 Å². The minimum atomic E-state index is 0.464. The highest BCUT2D eigenvalue weighted by molar-refractivity contribution is 5.56. The Morgan fingerprint density at radius 3 is 2.56 bits per heavy atom. The van der Waals surface area contributed by atoms with Crippen molar-refractivity contribution in [1.82, 2.24) is 9.97 Å². The van der Waals surface area contributed by atoms with Crippen LogP contribution in [0.3, 0.4) is 0 Å². The standard InChI is InChI=1S/C15H19N3/c1-4-13-11(3)17-15(18-14(13)9-16)12-7-5-6-10(2)8-12/h5-8H,4,9,16H2,1-3H3. The molecule has 2 aromatic rings. The van der Waals surface area contributed by atoms with Crippen LogP contribution in [-0.2, 0) is 13.0 Å². The minimum absolute atomic E-state index is 0.464. The molecule has 1 heterocycles. The lowest BCUT2D eigenvalue weighted by molar-refractivity contribution is 0.891. The molecule has 0 radical (unpaired) electrons. The van der Waals surface area contributed by atoms with E-state index in [1.807, 2.05) is 19.1 Å². The van der Waals surface area contributed by atoms with E-state index in [1.165, 1.54) is 11.1 Å². The van der Waals surface area contributed by atoms with Crippen LogP contribution in [0, 0.1) is 13.8 Å². The van der Waals surface area contributed by atoms with Crippen LogP contribution in [0.5, 0.6) is 0 Å². The number of aryl methyl sites for hydroxylation is 2. The SMILES string of the molecule is CCc1c(C)nc(-c2cccc(C)c2)nc1CN. The molecule has 0 fully saturated rings. The predicted octanol–water partition coefficient (Wildman–Crippen LogP) is 2.78.